The SMILES string of the molecule is Cc1c(C)c(C)c(C[NH3+])c(C)c1C. The third kappa shape index (κ3) is 1.49. The van der Waals surface area contributed by atoms with Gasteiger partial charge in [0.25, 0.3) is 0 Å². The molecule has 0 aliphatic rings. The van der Waals surface area contributed by atoms with Crippen LogP contribution in [-0.4, -0.2) is 0 Å². The maximum absolute atomic E-state index is 3.99. The van der Waals surface area contributed by atoms with Gasteiger partial charge in [0.15, 0.2) is 0 Å². The quantitative estimate of drug-likeness (QED) is 0.681. The van der Waals surface area contributed by atoms with Crippen molar-refractivity contribution in [1.29, 1.82) is 0 Å². The van der Waals surface area contributed by atoms with Crippen LogP contribution in [0.3, 0.4) is 0 Å². The first-order chi connectivity index (χ1) is 6.00. The van der Waals surface area contributed by atoms with Crippen LogP contribution in [0.1, 0.15) is 33.4 Å². The van der Waals surface area contributed by atoms with E-state index in [1.54, 1.807) is 0 Å². The summed E-state index contributed by atoms with van der Waals surface area (Å²) in [5.74, 6) is 0. The van der Waals surface area contributed by atoms with Crippen molar-refractivity contribution < 1.29 is 5.73 Å². The molecular formula is C12H20N+. The van der Waals surface area contributed by atoms with Crippen LogP contribution in [0.15, 0.2) is 0 Å². The molecule has 0 amide bonds. The molecule has 0 aliphatic carbocycles. The average molecular weight is 178 g/mol. The molecule has 1 aromatic rings. The largest absolute Gasteiger partial charge is 0.354 e. The zero-order chi connectivity index (χ0) is 10.2. The van der Waals surface area contributed by atoms with Crippen LogP contribution < -0.4 is 5.73 Å². The van der Waals surface area contributed by atoms with E-state index in [9.17, 15) is 0 Å². The zero-order valence-corrected chi connectivity index (χ0v) is 9.41. The van der Waals surface area contributed by atoms with Gasteiger partial charge in [0, 0.05) is 5.56 Å². The van der Waals surface area contributed by atoms with E-state index in [1.165, 1.54) is 33.4 Å². The number of benzene rings is 1. The Hall–Kier alpha value is -0.820. The molecule has 0 saturated carbocycles. The van der Waals surface area contributed by atoms with Gasteiger partial charge in [-0.15, -0.1) is 0 Å². The number of hydrogen-bond acceptors (Lipinski definition) is 0. The molecule has 0 aliphatic heterocycles. The van der Waals surface area contributed by atoms with Crippen LogP contribution >= 0.6 is 0 Å². The van der Waals surface area contributed by atoms with Gasteiger partial charge in [-0.05, 0) is 62.4 Å². The van der Waals surface area contributed by atoms with Crippen molar-refractivity contribution >= 4 is 0 Å². The first-order valence-corrected chi connectivity index (χ1v) is 4.85. The van der Waals surface area contributed by atoms with E-state index in [0.717, 1.165) is 6.54 Å². The van der Waals surface area contributed by atoms with Crippen molar-refractivity contribution in [2.24, 2.45) is 0 Å². The minimum atomic E-state index is 0.902. The van der Waals surface area contributed by atoms with Crippen LogP contribution in [0, 0.1) is 34.6 Å². The number of rotatable bonds is 1. The van der Waals surface area contributed by atoms with Gasteiger partial charge in [-0.2, -0.15) is 0 Å². The highest BCUT2D eigenvalue weighted by atomic mass is 14.5. The minimum Gasteiger partial charge on any atom is -0.354 e. The van der Waals surface area contributed by atoms with Crippen LogP contribution in [0.2, 0.25) is 0 Å². The van der Waals surface area contributed by atoms with Crippen molar-refractivity contribution in [1.82, 2.24) is 0 Å². The Balaban J connectivity index is 3.56. The monoisotopic (exact) mass is 178 g/mol. The van der Waals surface area contributed by atoms with E-state index in [0.29, 0.717) is 0 Å². The second kappa shape index (κ2) is 3.51. The molecule has 0 aromatic heterocycles. The smallest absolute Gasteiger partial charge is 0.100 e. The Morgan fingerprint density at radius 1 is 0.692 bits per heavy atom. The minimum absolute atomic E-state index is 0.902. The van der Waals surface area contributed by atoms with Crippen molar-refractivity contribution in [2.45, 2.75) is 41.2 Å². The van der Waals surface area contributed by atoms with Gasteiger partial charge in [0.05, 0.1) is 0 Å². The number of hydrogen-bond donors (Lipinski definition) is 1. The Morgan fingerprint density at radius 3 is 1.31 bits per heavy atom. The molecule has 0 spiro atoms. The topological polar surface area (TPSA) is 27.6 Å². The lowest BCUT2D eigenvalue weighted by Gasteiger charge is -2.16. The molecule has 0 unspecified atom stereocenters. The fraction of sp³-hybridized carbons (Fsp3) is 0.500. The first-order valence-electron chi connectivity index (χ1n) is 4.85. The van der Waals surface area contributed by atoms with Gasteiger partial charge in [-0.1, -0.05) is 0 Å². The molecule has 1 nitrogen and oxygen atoms in total. The first kappa shape index (κ1) is 10.3. The van der Waals surface area contributed by atoms with E-state index in [1.807, 2.05) is 0 Å². The molecule has 0 fully saturated rings. The standard InChI is InChI=1S/C12H19N/c1-7-8(2)10(4)12(6-13)11(5)9(7)3/h6,13H2,1-5H3/p+1. The second-order valence-electron chi connectivity index (χ2n) is 3.85. The van der Waals surface area contributed by atoms with Gasteiger partial charge < -0.3 is 5.73 Å². The van der Waals surface area contributed by atoms with Crippen molar-refractivity contribution in [3.8, 4) is 0 Å². The number of quaternary nitrogens is 1. The summed E-state index contributed by atoms with van der Waals surface area (Å²) in [4.78, 5) is 0. The molecule has 13 heavy (non-hydrogen) atoms. The summed E-state index contributed by atoms with van der Waals surface area (Å²) in [6.07, 6.45) is 0. The van der Waals surface area contributed by atoms with Gasteiger partial charge in [0.1, 0.15) is 6.54 Å². The van der Waals surface area contributed by atoms with E-state index < -0.39 is 0 Å². The molecule has 3 N–H and O–H groups in total. The fourth-order valence-electron chi connectivity index (χ4n) is 1.95. The fourth-order valence-corrected chi connectivity index (χ4v) is 1.95. The normalized spacial score (nSPS) is 10.6. The molecule has 72 valence electrons. The third-order valence-electron chi connectivity index (χ3n) is 3.41. The van der Waals surface area contributed by atoms with Crippen LogP contribution in [0.25, 0.3) is 0 Å². The highest BCUT2D eigenvalue weighted by Gasteiger charge is 2.11. The molecule has 0 atom stereocenters. The third-order valence-corrected chi connectivity index (χ3v) is 3.41. The van der Waals surface area contributed by atoms with Crippen molar-refractivity contribution in [3.05, 3.63) is 33.4 Å². The lowest BCUT2D eigenvalue weighted by Crippen LogP contribution is -2.48. The molecule has 1 heteroatoms. The molecule has 0 saturated heterocycles. The van der Waals surface area contributed by atoms with Crippen molar-refractivity contribution in [3.63, 3.8) is 0 Å². The maximum atomic E-state index is 3.99. The Bertz CT molecular complexity index is 308. The lowest BCUT2D eigenvalue weighted by molar-refractivity contribution is -0.386. The second-order valence-corrected chi connectivity index (χ2v) is 3.85. The van der Waals surface area contributed by atoms with Crippen LogP contribution in [-0.2, 0) is 6.54 Å². The molecule has 0 bridgehead atoms. The molecule has 1 aromatic carbocycles. The van der Waals surface area contributed by atoms with Crippen LogP contribution in [0.5, 0.6) is 0 Å². The summed E-state index contributed by atoms with van der Waals surface area (Å²) >= 11 is 0. The molecule has 1 rings (SSSR count). The Labute approximate surface area is 81.0 Å². The van der Waals surface area contributed by atoms with E-state index in [4.69, 9.17) is 0 Å². The average Bonchev–Trinajstić information content (AvgIpc) is 2.13. The predicted molar refractivity (Wildman–Crippen MR) is 56.7 cm³/mol. The zero-order valence-electron chi connectivity index (χ0n) is 9.41. The summed E-state index contributed by atoms with van der Waals surface area (Å²) in [6.45, 7) is 11.9. The lowest BCUT2D eigenvalue weighted by atomic mass is 9.90. The Kier molecular flexibility index (Phi) is 2.77. The predicted octanol–water partition coefficient (Wildman–Crippen LogP) is 1.97. The van der Waals surface area contributed by atoms with Gasteiger partial charge in [0.2, 0.25) is 0 Å². The summed E-state index contributed by atoms with van der Waals surface area (Å²) in [7, 11) is 0. The van der Waals surface area contributed by atoms with E-state index in [2.05, 4.69) is 40.4 Å². The maximum Gasteiger partial charge on any atom is 0.100 e. The summed E-state index contributed by atoms with van der Waals surface area (Å²) < 4.78 is 0. The van der Waals surface area contributed by atoms with Gasteiger partial charge in [-0.3, -0.25) is 0 Å². The highest BCUT2D eigenvalue weighted by Crippen LogP contribution is 2.24. The van der Waals surface area contributed by atoms with Crippen molar-refractivity contribution in [2.75, 3.05) is 0 Å². The van der Waals surface area contributed by atoms with Gasteiger partial charge >= 0.3 is 0 Å². The highest BCUT2D eigenvalue weighted by molar-refractivity contribution is 5.48. The summed E-state index contributed by atoms with van der Waals surface area (Å²) in [5, 5.41) is 0. The molecular weight excluding hydrogens is 158 g/mol. The van der Waals surface area contributed by atoms with Gasteiger partial charge in [-0.25, -0.2) is 0 Å². The Morgan fingerprint density at radius 2 is 1.00 bits per heavy atom. The van der Waals surface area contributed by atoms with E-state index >= 15 is 0 Å². The van der Waals surface area contributed by atoms with Crippen LogP contribution in [0.4, 0.5) is 0 Å². The molecule has 0 heterocycles. The summed E-state index contributed by atoms with van der Waals surface area (Å²) in [6, 6.07) is 0. The van der Waals surface area contributed by atoms with E-state index in [-0.39, 0.29) is 0 Å². The summed E-state index contributed by atoms with van der Waals surface area (Å²) in [5.41, 5.74) is 12.6. The molecule has 0 radical (unpaired) electrons.